The Hall–Kier alpha value is -2.38. The zero-order valence-corrected chi connectivity index (χ0v) is 24.5. The number of nitrogens with zero attached hydrogens (tertiary/aromatic N) is 4. The molecule has 4 rings (SSSR count). The molecular weight excluding hydrogens is 592 g/mol. The molecule has 1 unspecified atom stereocenters. The van der Waals surface area contributed by atoms with Crippen LogP contribution in [0.2, 0.25) is 10.0 Å². The van der Waals surface area contributed by atoms with E-state index in [1.807, 2.05) is 19.0 Å². The number of likely N-dealkylation sites (N-methyl/N-ethyl adjacent to an activating group) is 1. The van der Waals surface area contributed by atoms with Gasteiger partial charge in [0.25, 0.3) is 5.56 Å². The Labute approximate surface area is 240 Å². The Morgan fingerprint density at radius 2 is 1.90 bits per heavy atom. The number of benzene rings is 2. The van der Waals surface area contributed by atoms with Gasteiger partial charge in [-0.15, -0.1) is 13.2 Å². The summed E-state index contributed by atoms with van der Waals surface area (Å²) in [7, 11) is 0.253. The van der Waals surface area contributed by atoms with E-state index in [9.17, 15) is 26.4 Å². The summed E-state index contributed by atoms with van der Waals surface area (Å²) in [6, 6.07) is 5.45. The van der Waals surface area contributed by atoms with Gasteiger partial charge >= 0.3 is 6.36 Å². The summed E-state index contributed by atoms with van der Waals surface area (Å²) in [5, 5.41) is -0.0400. The van der Waals surface area contributed by atoms with Gasteiger partial charge in [-0.3, -0.25) is 14.3 Å². The first kappa shape index (κ1) is 30.6. The number of sulfone groups is 1. The Morgan fingerprint density at radius 3 is 2.55 bits per heavy atom. The fourth-order valence-corrected chi connectivity index (χ4v) is 6.50. The molecule has 0 radical (unpaired) electrons. The average Bonchev–Trinajstić information content (AvgIpc) is 2.87. The minimum Gasteiger partial charge on any atom is -0.405 e. The Bertz CT molecular complexity index is 1580. The van der Waals surface area contributed by atoms with E-state index in [-0.39, 0.29) is 61.9 Å². The number of alkyl halides is 3. The molecule has 3 aromatic rings. The van der Waals surface area contributed by atoms with Gasteiger partial charge in [0.2, 0.25) is 0 Å². The monoisotopic (exact) mass is 620 g/mol. The van der Waals surface area contributed by atoms with E-state index in [4.69, 9.17) is 23.2 Å². The summed E-state index contributed by atoms with van der Waals surface area (Å²) in [5.41, 5.74) is -0.355. The molecule has 0 aliphatic carbocycles. The standard InChI is InChI=1S/C26H29Cl2F3N4O4S/c1-4-40(37,38)22-8-7-17(27)10-16(22)12-35-15-32-24-19(25(35)36)11-21(39-26(29,30)31)20(23(24)28)14-34-9-5-6-18(13-34)33(2)3/h7-8,10-11,15,18H,4-6,9,12-14H2,1-3H3. The van der Waals surface area contributed by atoms with Crippen LogP contribution in [-0.4, -0.2) is 73.1 Å². The Kier molecular flexibility index (Phi) is 9.06. The van der Waals surface area contributed by atoms with Gasteiger partial charge in [-0.2, -0.15) is 0 Å². The molecule has 1 fully saturated rings. The van der Waals surface area contributed by atoms with Crippen LogP contribution in [0, 0.1) is 0 Å². The van der Waals surface area contributed by atoms with Crippen molar-refractivity contribution in [2.45, 2.75) is 50.2 Å². The van der Waals surface area contributed by atoms with Crippen molar-refractivity contribution >= 4 is 43.9 Å². The summed E-state index contributed by atoms with van der Waals surface area (Å²) in [4.78, 5) is 21.8. The molecule has 218 valence electrons. The topological polar surface area (TPSA) is 84.7 Å². The van der Waals surface area contributed by atoms with E-state index in [0.29, 0.717) is 13.1 Å². The molecule has 0 spiro atoms. The van der Waals surface area contributed by atoms with Crippen molar-refractivity contribution in [2.24, 2.45) is 0 Å². The molecule has 1 aromatic heterocycles. The molecule has 14 heteroatoms. The van der Waals surface area contributed by atoms with Crippen molar-refractivity contribution in [3.05, 3.63) is 62.1 Å². The lowest BCUT2D eigenvalue weighted by Gasteiger charge is -2.36. The molecule has 0 saturated carbocycles. The van der Waals surface area contributed by atoms with Gasteiger partial charge in [-0.25, -0.2) is 13.4 Å². The largest absolute Gasteiger partial charge is 0.573 e. The zero-order valence-electron chi connectivity index (χ0n) is 22.1. The molecule has 0 N–H and O–H groups in total. The van der Waals surface area contributed by atoms with Crippen LogP contribution >= 0.6 is 23.2 Å². The number of aromatic nitrogens is 2. The predicted molar refractivity (Wildman–Crippen MR) is 148 cm³/mol. The molecule has 1 saturated heterocycles. The zero-order chi connectivity index (χ0) is 29.4. The predicted octanol–water partition coefficient (Wildman–Crippen LogP) is 4.97. The third-order valence-electron chi connectivity index (χ3n) is 7.01. The third-order valence-corrected chi connectivity index (χ3v) is 9.49. The van der Waals surface area contributed by atoms with E-state index in [1.165, 1.54) is 31.5 Å². The minimum atomic E-state index is -5.02. The van der Waals surface area contributed by atoms with Crippen LogP contribution in [0.3, 0.4) is 0 Å². The molecule has 0 amide bonds. The van der Waals surface area contributed by atoms with Gasteiger partial charge < -0.3 is 9.64 Å². The van der Waals surface area contributed by atoms with Gasteiger partial charge in [0.05, 0.1) is 39.4 Å². The maximum Gasteiger partial charge on any atom is 0.573 e. The van der Waals surface area contributed by atoms with E-state index < -0.39 is 27.5 Å². The lowest BCUT2D eigenvalue weighted by Crippen LogP contribution is -2.44. The van der Waals surface area contributed by atoms with Gasteiger partial charge in [0.1, 0.15) is 5.75 Å². The van der Waals surface area contributed by atoms with Crippen molar-refractivity contribution < 1.29 is 26.3 Å². The normalized spacial score (nSPS) is 17.1. The summed E-state index contributed by atoms with van der Waals surface area (Å²) in [6.07, 6.45) is -2.00. The highest BCUT2D eigenvalue weighted by molar-refractivity contribution is 7.91. The molecule has 1 aliphatic heterocycles. The van der Waals surface area contributed by atoms with Crippen LogP contribution in [0.1, 0.15) is 30.9 Å². The summed E-state index contributed by atoms with van der Waals surface area (Å²) >= 11 is 12.7. The summed E-state index contributed by atoms with van der Waals surface area (Å²) in [6.45, 7) is 2.64. The van der Waals surface area contributed by atoms with Crippen molar-refractivity contribution in [1.29, 1.82) is 0 Å². The smallest absolute Gasteiger partial charge is 0.405 e. The molecular formula is C26H29Cl2F3N4O4S. The second-order valence-corrected chi connectivity index (χ2v) is 13.0. The molecule has 2 heterocycles. The van der Waals surface area contributed by atoms with Crippen LogP contribution in [-0.2, 0) is 22.9 Å². The Balaban J connectivity index is 1.80. The summed E-state index contributed by atoms with van der Waals surface area (Å²) < 4.78 is 71.0. The molecule has 0 bridgehead atoms. The van der Waals surface area contributed by atoms with Gasteiger partial charge in [0.15, 0.2) is 9.84 Å². The highest BCUT2D eigenvalue weighted by atomic mass is 35.5. The first-order valence-electron chi connectivity index (χ1n) is 12.6. The Morgan fingerprint density at radius 1 is 1.18 bits per heavy atom. The quantitative estimate of drug-likeness (QED) is 0.351. The minimum absolute atomic E-state index is 0.00145. The second kappa shape index (κ2) is 11.8. The number of halogens is 5. The van der Waals surface area contributed by atoms with Gasteiger partial charge in [-0.05, 0) is 63.3 Å². The van der Waals surface area contributed by atoms with Crippen LogP contribution in [0.4, 0.5) is 13.2 Å². The maximum atomic E-state index is 13.5. The van der Waals surface area contributed by atoms with E-state index in [0.717, 1.165) is 23.5 Å². The fraction of sp³-hybridized carbons (Fsp3) is 0.462. The molecule has 40 heavy (non-hydrogen) atoms. The molecule has 2 aromatic carbocycles. The lowest BCUT2D eigenvalue weighted by atomic mass is 10.0. The first-order valence-corrected chi connectivity index (χ1v) is 15.0. The van der Waals surface area contributed by atoms with Crippen LogP contribution in [0.5, 0.6) is 5.75 Å². The van der Waals surface area contributed by atoms with Crippen molar-refractivity contribution in [1.82, 2.24) is 19.4 Å². The number of rotatable bonds is 8. The number of hydrogen-bond donors (Lipinski definition) is 0. The number of hydrogen-bond acceptors (Lipinski definition) is 7. The van der Waals surface area contributed by atoms with Crippen molar-refractivity contribution in [3.63, 3.8) is 0 Å². The average molecular weight is 622 g/mol. The molecule has 1 aliphatic rings. The van der Waals surface area contributed by atoms with Crippen LogP contribution < -0.4 is 10.3 Å². The van der Waals surface area contributed by atoms with Crippen LogP contribution in [0.15, 0.2) is 40.3 Å². The molecule has 8 nitrogen and oxygen atoms in total. The number of fused-ring (bicyclic) bond motifs is 1. The van der Waals surface area contributed by atoms with Crippen LogP contribution in [0.25, 0.3) is 10.9 Å². The summed E-state index contributed by atoms with van der Waals surface area (Å²) in [5.74, 6) is -0.749. The maximum absolute atomic E-state index is 13.5. The highest BCUT2D eigenvalue weighted by Gasteiger charge is 2.34. The number of likely N-dealkylation sites (tertiary alicyclic amines) is 1. The van der Waals surface area contributed by atoms with Gasteiger partial charge in [0, 0.05) is 29.7 Å². The number of piperidine rings is 1. The van der Waals surface area contributed by atoms with Gasteiger partial charge in [-0.1, -0.05) is 30.1 Å². The van der Waals surface area contributed by atoms with Crippen molar-refractivity contribution in [2.75, 3.05) is 32.9 Å². The first-order chi connectivity index (χ1) is 18.7. The second-order valence-electron chi connectivity index (χ2n) is 9.94. The van der Waals surface area contributed by atoms with E-state index in [2.05, 4.69) is 14.6 Å². The van der Waals surface area contributed by atoms with E-state index in [1.54, 1.807) is 0 Å². The van der Waals surface area contributed by atoms with Crippen molar-refractivity contribution in [3.8, 4) is 5.75 Å². The molecule has 1 atom stereocenters. The third kappa shape index (κ3) is 6.73. The van der Waals surface area contributed by atoms with E-state index >= 15 is 0 Å². The highest BCUT2D eigenvalue weighted by Crippen LogP contribution is 2.37. The fourth-order valence-electron chi connectivity index (χ4n) is 4.89. The SMILES string of the molecule is CCS(=O)(=O)c1ccc(Cl)cc1Cn1cnc2c(Cl)c(CN3CCCC(N(C)C)C3)c(OC(F)(F)F)cc2c1=O. The number of ether oxygens (including phenoxy) is 1. The lowest BCUT2D eigenvalue weighted by molar-refractivity contribution is -0.274.